The average molecular weight is 297 g/mol. The summed E-state index contributed by atoms with van der Waals surface area (Å²) in [7, 11) is 1.59. The molecular weight excluding hydrogens is 288 g/mol. The molecule has 0 bridgehead atoms. The molecule has 0 saturated carbocycles. The van der Waals surface area contributed by atoms with Crippen LogP contribution in [0.5, 0.6) is 5.75 Å². The Morgan fingerprint density at radius 3 is 2.81 bits per heavy atom. The van der Waals surface area contributed by atoms with Gasteiger partial charge in [0.15, 0.2) is 5.78 Å². The van der Waals surface area contributed by atoms with Crippen LogP contribution in [0, 0.1) is 0 Å². The number of carbonyl (C=O) groups is 1. The third kappa shape index (κ3) is 2.18. The lowest BCUT2D eigenvalue weighted by Crippen LogP contribution is -2.00. The van der Waals surface area contributed by atoms with E-state index in [0.717, 1.165) is 4.47 Å². The monoisotopic (exact) mass is 296 g/mol. The van der Waals surface area contributed by atoms with E-state index in [1.807, 2.05) is 22.9 Å². The molecule has 16 heavy (non-hydrogen) atoms. The molecule has 2 rings (SSSR count). The second-order valence-electron chi connectivity index (χ2n) is 3.19. The van der Waals surface area contributed by atoms with E-state index in [-0.39, 0.29) is 5.78 Å². The van der Waals surface area contributed by atoms with Gasteiger partial charge in [-0.1, -0.05) is 12.1 Å². The highest BCUT2D eigenvalue weighted by Crippen LogP contribution is 2.25. The van der Waals surface area contributed by atoms with Crippen LogP contribution in [0.1, 0.15) is 15.9 Å². The smallest absolute Gasteiger partial charge is 0.195 e. The molecule has 0 fully saturated rings. The Morgan fingerprint density at radius 1 is 1.38 bits per heavy atom. The number of hydrogen-bond acceptors (Lipinski definition) is 3. The number of halogens is 1. The normalized spacial score (nSPS) is 10.1. The SMILES string of the molecule is COc1cccc(C(=O)c2cscc2Br)c1. The minimum atomic E-state index is 0.00650. The summed E-state index contributed by atoms with van der Waals surface area (Å²) < 4.78 is 5.93. The van der Waals surface area contributed by atoms with Crippen molar-refractivity contribution in [2.75, 3.05) is 7.11 Å². The summed E-state index contributed by atoms with van der Waals surface area (Å²) in [6.07, 6.45) is 0. The molecule has 82 valence electrons. The van der Waals surface area contributed by atoms with Gasteiger partial charge in [0.2, 0.25) is 0 Å². The van der Waals surface area contributed by atoms with Crippen LogP contribution in [0.25, 0.3) is 0 Å². The van der Waals surface area contributed by atoms with Crippen molar-refractivity contribution in [1.29, 1.82) is 0 Å². The number of methoxy groups -OCH3 is 1. The van der Waals surface area contributed by atoms with Gasteiger partial charge < -0.3 is 4.74 Å². The molecule has 0 unspecified atom stereocenters. The third-order valence-electron chi connectivity index (χ3n) is 2.19. The molecule has 0 aliphatic heterocycles. The topological polar surface area (TPSA) is 26.3 Å². The van der Waals surface area contributed by atoms with Gasteiger partial charge in [0.05, 0.1) is 7.11 Å². The molecule has 0 saturated heterocycles. The average Bonchev–Trinajstić information content (AvgIpc) is 2.74. The number of rotatable bonds is 3. The molecule has 2 nitrogen and oxygen atoms in total. The fourth-order valence-corrected chi connectivity index (χ4v) is 2.82. The summed E-state index contributed by atoms with van der Waals surface area (Å²) in [6.45, 7) is 0. The van der Waals surface area contributed by atoms with Crippen molar-refractivity contribution in [1.82, 2.24) is 0 Å². The van der Waals surface area contributed by atoms with Crippen molar-refractivity contribution in [2.45, 2.75) is 0 Å². The van der Waals surface area contributed by atoms with Crippen LogP contribution < -0.4 is 4.74 Å². The second-order valence-corrected chi connectivity index (χ2v) is 4.79. The van der Waals surface area contributed by atoms with Crippen molar-refractivity contribution >= 4 is 33.0 Å². The lowest BCUT2D eigenvalue weighted by molar-refractivity contribution is 0.103. The molecular formula is C12H9BrO2S. The molecule has 1 heterocycles. The maximum Gasteiger partial charge on any atom is 0.195 e. The predicted molar refractivity (Wildman–Crippen MR) is 68.4 cm³/mol. The van der Waals surface area contributed by atoms with E-state index in [4.69, 9.17) is 4.74 Å². The van der Waals surface area contributed by atoms with E-state index in [1.165, 1.54) is 11.3 Å². The van der Waals surface area contributed by atoms with E-state index >= 15 is 0 Å². The van der Waals surface area contributed by atoms with Crippen molar-refractivity contribution in [3.05, 3.63) is 50.6 Å². The zero-order chi connectivity index (χ0) is 11.5. The fraction of sp³-hybridized carbons (Fsp3) is 0.0833. The highest BCUT2D eigenvalue weighted by molar-refractivity contribution is 9.10. The van der Waals surface area contributed by atoms with Crippen molar-refractivity contribution in [2.24, 2.45) is 0 Å². The molecule has 1 aromatic carbocycles. The molecule has 0 spiro atoms. The minimum Gasteiger partial charge on any atom is -0.497 e. The summed E-state index contributed by atoms with van der Waals surface area (Å²) in [6, 6.07) is 7.16. The van der Waals surface area contributed by atoms with Crippen LogP contribution in [0.2, 0.25) is 0 Å². The minimum absolute atomic E-state index is 0.00650. The first-order valence-electron chi connectivity index (χ1n) is 4.63. The first-order valence-corrected chi connectivity index (χ1v) is 6.36. The Hall–Kier alpha value is -1.13. The van der Waals surface area contributed by atoms with Gasteiger partial charge in [-0.2, -0.15) is 11.3 Å². The van der Waals surface area contributed by atoms with Gasteiger partial charge in [-0.15, -0.1) is 0 Å². The fourth-order valence-electron chi connectivity index (χ4n) is 1.36. The molecule has 0 amide bonds. The predicted octanol–water partition coefficient (Wildman–Crippen LogP) is 3.75. The van der Waals surface area contributed by atoms with Crippen molar-refractivity contribution < 1.29 is 9.53 Å². The highest BCUT2D eigenvalue weighted by atomic mass is 79.9. The van der Waals surface area contributed by atoms with E-state index in [1.54, 1.807) is 19.2 Å². The maximum absolute atomic E-state index is 12.1. The number of thiophene rings is 1. The number of ether oxygens (including phenoxy) is 1. The maximum atomic E-state index is 12.1. The van der Waals surface area contributed by atoms with Gasteiger partial charge in [0, 0.05) is 26.4 Å². The Morgan fingerprint density at radius 2 is 2.19 bits per heavy atom. The molecule has 0 atom stereocenters. The van der Waals surface area contributed by atoms with Gasteiger partial charge in [-0.3, -0.25) is 4.79 Å². The Labute approximate surface area is 106 Å². The summed E-state index contributed by atoms with van der Waals surface area (Å²) in [5.41, 5.74) is 1.33. The third-order valence-corrected chi connectivity index (χ3v) is 3.89. The number of hydrogen-bond donors (Lipinski definition) is 0. The molecule has 1 aromatic heterocycles. The first kappa shape index (κ1) is 11.4. The van der Waals surface area contributed by atoms with Crippen LogP contribution >= 0.6 is 27.3 Å². The Bertz CT molecular complexity index is 519. The number of benzene rings is 1. The van der Waals surface area contributed by atoms with Crippen LogP contribution in [0.4, 0.5) is 0 Å². The van der Waals surface area contributed by atoms with E-state index in [9.17, 15) is 4.79 Å². The van der Waals surface area contributed by atoms with Gasteiger partial charge in [-0.25, -0.2) is 0 Å². The van der Waals surface area contributed by atoms with Crippen molar-refractivity contribution in [3.63, 3.8) is 0 Å². The highest BCUT2D eigenvalue weighted by Gasteiger charge is 2.13. The lowest BCUT2D eigenvalue weighted by atomic mass is 10.1. The zero-order valence-electron chi connectivity index (χ0n) is 8.57. The van der Waals surface area contributed by atoms with Gasteiger partial charge in [0.25, 0.3) is 0 Å². The molecule has 2 aromatic rings. The summed E-state index contributed by atoms with van der Waals surface area (Å²) in [5.74, 6) is 0.698. The van der Waals surface area contributed by atoms with E-state index in [0.29, 0.717) is 16.9 Å². The van der Waals surface area contributed by atoms with E-state index in [2.05, 4.69) is 15.9 Å². The van der Waals surface area contributed by atoms with Gasteiger partial charge in [-0.05, 0) is 28.1 Å². The molecule has 0 aliphatic rings. The summed E-state index contributed by atoms with van der Waals surface area (Å²) >= 11 is 4.86. The molecule has 4 heteroatoms. The van der Waals surface area contributed by atoms with Gasteiger partial charge in [0.1, 0.15) is 5.75 Å². The zero-order valence-corrected chi connectivity index (χ0v) is 11.0. The van der Waals surface area contributed by atoms with Crippen LogP contribution in [-0.4, -0.2) is 12.9 Å². The van der Waals surface area contributed by atoms with Crippen LogP contribution in [0.3, 0.4) is 0 Å². The van der Waals surface area contributed by atoms with Gasteiger partial charge >= 0.3 is 0 Å². The Balaban J connectivity index is 2.38. The largest absolute Gasteiger partial charge is 0.497 e. The lowest BCUT2D eigenvalue weighted by Gasteiger charge is -2.03. The standard InChI is InChI=1S/C12H9BrO2S/c1-15-9-4-2-3-8(5-9)12(14)10-6-16-7-11(10)13/h2-7H,1H3. The van der Waals surface area contributed by atoms with Crippen LogP contribution in [-0.2, 0) is 0 Å². The van der Waals surface area contributed by atoms with Crippen molar-refractivity contribution in [3.8, 4) is 5.75 Å². The summed E-state index contributed by atoms with van der Waals surface area (Å²) in [5, 5.41) is 3.74. The van der Waals surface area contributed by atoms with E-state index < -0.39 is 0 Å². The molecule has 0 N–H and O–H groups in total. The molecule has 0 aliphatic carbocycles. The second kappa shape index (κ2) is 4.80. The molecule has 0 radical (unpaired) electrons. The quantitative estimate of drug-likeness (QED) is 0.807. The number of ketones is 1. The first-order chi connectivity index (χ1) is 7.72. The summed E-state index contributed by atoms with van der Waals surface area (Å²) in [4.78, 5) is 12.1. The van der Waals surface area contributed by atoms with Crippen LogP contribution in [0.15, 0.2) is 39.5 Å². The Kier molecular flexibility index (Phi) is 3.41. The number of carbonyl (C=O) groups excluding carboxylic acids is 1.